The molecule has 0 aliphatic carbocycles. The third-order valence-corrected chi connectivity index (χ3v) is 5.18. The zero-order valence-corrected chi connectivity index (χ0v) is 16.3. The second-order valence-corrected chi connectivity index (χ2v) is 6.89. The van der Waals surface area contributed by atoms with Gasteiger partial charge in [0.05, 0.1) is 25.7 Å². The van der Waals surface area contributed by atoms with Crippen molar-refractivity contribution in [3.63, 3.8) is 0 Å². The Balaban J connectivity index is 1.78. The van der Waals surface area contributed by atoms with E-state index in [-0.39, 0.29) is 18.1 Å². The van der Waals surface area contributed by atoms with Crippen LogP contribution in [0.5, 0.6) is 28.7 Å². The number of rotatable bonds is 5. The Labute approximate surface area is 169 Å². The summed E-state index contributed by atoms with van der Waals surface area (Å²) >= 11 is 0. The van der Waals surface area contributed by atoms with Crippen LogP contribution in [0, 0.1) is 0 Å². The normalized spacial score (nSPS) is 19.4. The summed E-state index contributed by atoms with van der Waals surface area (Å²) in [6.45, 7) is 3.89. The van der Waals surface area contributed by atoms with Crippen molar-refractivity contribution in [2.45, 2.75) is 18.4 Å². The van der Waals surface area contributed by atoms with Gasteiger partial charge in [-0.05, 0) is 18.6 Å². The average Bonchev–Trinajstić information content (AvgIpc) is 2.73. The van der Waals surface area contributed by atoms with Gasteiger partial charge in [0.25, 0.3) is 0 Å². The van der Waals surface area contributed by atoms with E-state index in [0.29, 0.717) is 46.1 Å². The Kier molecular flexibility index (Phi) is 4.92. The van der Waals surface area contributed by atoms with E-state index in [1.807, 2.05) is 6.08 Å². The van der Waals surface area contributed by atoms with E-state index in [9.17, 15) is 9.90 Å². The number of Topliss-reactive ketones (excluding diaryl/α,β-unsaturated/α-hetero) is 1. The maximum absolute atomic E-state index is 13.4. The molecule has 2 aromatic carbocycles. The van der Waals surface area contributed by atoms with Gasteiger partial charge < -0.3 is 24.1 Å². The van der Waals surface area contributed by atoms with Gasteiger partial charge in [-0.3, -0.25) is 4.79 Å². The van der Waals surface area contributed by atoms with Gasteiger partial charge in [0, 0.05) is 23.3 Å². The van der Waals surface area contributed by atoms with Gasteiger partial charge in [-0.25, -0.2) is 0 Å². The van der Waals surface area contributed by atoms with Crippen molar-refractivity contribution in [2.75, 3.05) is 20.8 Å². The van der Waals surface area contributed by atoms with E-state index in [1.54, 1.807) is 44.6 Å². The van der Waals surface area contributed by atoms with Crippen LogP contribution in [-0.4, -0.2) is 37.8 Å². The van der Waals surface area contributed by atoms with Gasteiger partial charge in [-0.1, -0.05) is 18.2 Å². The summed E-state index contributed by atoms with van der Waals surface area (Å²) in [6.07, 6.45) is 5.57. The molecular formula is C23H22O6. The Morgan fingerprint density at radius 2 is 1.93 bits per heavy atom. The number of phenols is 1. The monoisotopic (exact) mass is 394 g/mol. The summed E-state index contributed by atoms with van der Waals surface area (Å²) in [5.41, 5.74) is 1.69. The lowest BCUT2D eigenvalue weighted by Crippen LogP contribution is -2.43. The Bertz CT molecular complexity index is 1010. The highest BCUT2D eigenvalue weighted by atomic mass is 16.5. The lowest BCUT2D eigenvalue weighted by molar-refractivity contribution is 0.0557. The van der Waals surface area contributed by atoms with Crippen LogP contribution in [0.15, 0.2) is 43.0 Å². The molecule has 150 valence electrons. The molecule has 0 fully saturated rings. The maximum atomic E-state index is 13.4. The molecule has 6 heteroatoms. The Morgan fingerprint density at radius 3 is 2.66 bits per heavy atom. The predicted molar refractivity (Wildman–Crippen MR) is 108 cm³/mol. The van der Waals surface area contributed by atoms with Crippen LogP contribution in [0.4, 0.5) is 0 Å². The van der Waals surface area contributed by atoms with Crippen LogP contribution in [0.1, 0.15) is 33.8 Å². The zero-order chi connectivity index (χ0) is 20.5. The highest BCUT2D eigenvalue weighted by Crippen LogP contribution is 2.47. The highest BCUT2D eigenvalue weighted by Gasteiger charge is 2.43. The minimum absolute atomic E-state index is 0.0545. The number of carbonyl (C=O) groups excluding carboxylic acids is 1. The summed E-state index contributed by atoms with van der Waals surface area (Å²) in [6, 6.07) is 6.65. The van der Waals surface area contributed by atoms with E-state index in [1.165, 1.54) is 6.07 Å². The van der Waals surface area contributed by atoms with Crippen molar-refractivity contribution in [2.24, 2.45) is 0 Å². The first-order valence-corrected chi connectivity index (χ1v) is 9.31. The number of benzene rings is 2. The fourth-order valence-corrected chi connectivity index (χ4v) is 3.76. The predicted octanol–water partition coefficient (Wildman–Crippen LogP) is 4.12. The van der Waals surface area contributed by atoms with Crippen LogP contribution in [0.25, 0.3) is 6.08 Å². The van der Waals surface area contributed by atoms with Crippen LogP contribution >= 0.6 is 0 Å². The number of fused-ring (bicyclic) bond motifs is 4. The zero-order valence-electron chi connectivity index (χ0n) is 16.3. The van der Waals surface area contributed by atoms with Crippen LogP contribution < -0.4 is 18.9 Å². The second kappa shape index (κ2) is 7.54. The summed E-state index contributed by atoms with van der Waals surface area (Å²) in [5.74, 6) is 1.45. The molecule has 2 aliphatic rings. The molecule has 0 saturated heterocycles. The minimum Gasteiger partial charge on any atom is -0.507 e. The molecule has 2 unspecified atom stereocenters. The largest absolute Gasteiger partial charge is 0.507 e. The molecule has 4 rings (SSSR count). The molecule has 0 saturated carbocycles. The van der Waals surface area contributed by atoms with E-state index in [4.69, 9.17) is 18.9 Å². The molecular weight excluding hydrogens is 372 g/mol. The third-order valence-electron chi connectivity index (χ3n) is 5.18. The van der Waals surface area contributed by atoms with E-state index in [0.717, 1.165) is 0 Å². The van der Waals surface area contributed by atoms with Gasteiger partial charge in [0.1, 0.15) is 30.0 Å². The number of ketones is 1. The van der Waals surface area contributed by atoms with Gasteiger partial charge in [0.15, 0.2) is 17.3 Å². The average molecular weight is 394 g/mol. The molecule has 0 aromatic heterocycles. The van der Waals surface area contributed by atoms with E-state index in [2.05, 4.69) is 6.58 Å². The molecule has 2 heterocycles. The summed E-state index contributed by atoms with van der Waals surface area (Å²) in [7, 11) is 3.10. The van der Waals surface area contributed by atoms with Gasteiger partial charge in [-0.2, -0.15) is 0 Å². The van der Waals surface area contributed by atoms with Crippen LogP contribution in [-0.2, 0) is 0 Å². The first kappa shape index (κ1) is 18.9. The van der Waals surface area contributed by atoms with E-state index >= 15 is 0 Å². The molecule has 1 N–H and O–H groups in total. The number of ether oxygens (including phenoxy) is 4. The number of carbonyl (C=O) groups is 1. The standard InChI is InChI=1S/C23H22O6/c1-4-5-6-7-13-8-15-18(10-16(13)24)29-21-12-28-17-11-20(27-3)19(26-2)9-14(17)22(21)23(15)25/h4,6-11,21-22,24H,1,5,12H2,2-3H3. The quantitative estimate of drug-likeness (QED) is 0.769. The fraction of sp³-hybridized carbons (Fsp3) is 0.261. The smallest absolute Gasteiger partial charge is 0.178 e. The van der Waals surface area contributed by atoms with Crippen molar-refractivity contribution in [3.05, 3.63) is 59.7 Å². The Hall–Kier alpha value is -3.41. The highest BCUT2D eigenvalue weighted by molar-refractivity contribution is 6.06. The molecule has 6 nitrogen and oxygen atoms in total. The van der Waals surface area contributed by atoms with Crippen molar-refractivity contribution >= 4 is 11.9 Å². The molecule has 0 spiro atoms. The first-order chi connectivity index (χ1) is 14.1. The second-order valence-electron chi connectivity index (χ2n) is 6.89. The molecule has 29 heavy (non-hydrogen) atoms. The first-order valence-electron chi connectivity index (χ1n) is 9.31. The molecule has 2 aliphatic heterocycles. The van der Waals surface area contributed by atoms with Crippen molar-refractivity contribution in [1.29, 1.82) is 0 Å². The molecule has 0 radical (unpaired) electrons. The number of phenolic OH excluding ortho intramolecular Hbond substituents is 1. The molecule has 0 bridgehead atoms. The van der Waals surface area contributed by atoms with Gasteiger partial charge in [-0.15, -0.1) is 6.58 Å². The van der Waals surface area contributed by atoms with Crippen LogP contribution in [0.2, 0.25) is 0 Å². The Morgan fingerprint density at radius 1 is 1.17 bits per heavy atom. The van der Waals surface area contributed by atoms with Gasteiger partial charge in [0.2, 0.25) is 0 Å². The SMILES string of the molecule is C=CCC=Cc1cc2c(cc1O)OC1COc3cc(OC)c(OC)cc3C1C2=O. The number of hydrogen-bond acceptors (Lipinski definition) is 6. The van der Waals surface area contributed by atoms with Crippen molar-refractivity contribution in [1.82, 2.24) is 0 Å². The molecule has 0 amide bonds. The summed E-state index contributed by atoms with van der Waals surface area (Å²) in [4.78, 5) is 13.4. The van der Waals surface area contributed by atoms with Crippen molar-refractivity contribution < 1.29 is 28.8 Å². The number of hydrogen-bond donors (Lipinski definition) is 1. The minimum atomic E-state index is -0.527. The summed E-state index contributed by atoms with van der Waals surface area (Å²) in [5, 5.41) is 10.3. The summed E-state index contributed by atoms with van der Waals surface area (Å²) < 4.78 is 22.6. The lowest BCUT2D eigenvalue weighted by Gasteiger charge is -2.37. The number of aromatic hydroxyl groups is 1. The van der Waals surface area contributed by atoms with Gasteiger partial charge >= 0.3 is 0 Å². The number of methoxy groups -OCH3 is 2. The topological polar surface area (TPSA) is 74.2 Å². The van der Waals surface area contributed by atoms with Crippen molar-refractivity contribution in [3.8, 4) is 28.7 Å². The number of allylic oxidation sites excluding steroid dienone is 2. The lowest BCUT2D eigenvalue weighted by atomic mass is 9.81. The fourth-order valence-electron chi connectivity index (χ4n) is 3.76. The maximum Gasteiger partial charge on any atom is 0.178 e. The van der Waals surface area contributed by atoms with E-state index < -0.39 is 12.0 Å². The van der Waals surface area contributed by atoms with Crippen LogP contribution in [0.3, 0.4) is 0 Å². The third kappa shape index (κ3) is 3.20. The molecule has 2 aromatic rings. The molecule has 2 atom stereocenters.